The van der Waals surface area contributed by atoms with Crippen LogP contribution in [-0.2, 0) is 17.9 Å². The van der Waals surface area contributed by atoms with Gasteiger partial charge in [-0.2, -0.15) is 0 Å². The predicted molar refractivity (Wildman–Crippen MR) is 122 cm³/mol. The molecule has 170 valence electrons. The number of amides is 1. The number of nitrogens with one attached hydrogen (secondary N) is 1. The summed E-state index contributed by atoms with van der Waals surface area (Å²) in [5, 5.41) is 22.4. The van der Waals surface area contributed by atoms with E-state index < -0.39 is 10.2 Å². The predicted octanol–water partition coefficient (Wildman–Crippen LogP) is 3.57. The van der Waals surface area contributed by atoms with E-state index in [2.05, 4.69) is 22.1 Å². The van der Waals surface area contributed by atoms with Crippen LogP contribution in [0.5, 0.6) is 11.5 Å². The number of non-ortho nitro benzene ring substituents is 1. The fourth-order valence-corrected chi connectivity index (χ4v) is 4.09. The van der Waals surface area contributed by atoms with Crippen molar-refractivity contribution in [2.45, 2.75) is 30.4 Å². The van der Waals surface area contributed by atoms with Gasteiger partial charge in [0.15, 0.2) is 22.5 Å². The second kappa shape index (κ2) is 9.74. The molecule has 0 saturated carbocycles. The highest BCUT2D eigenvalue weighted by molar-refractivity contribution is 8.00. The molecule has 0 aliphatic carbocycles. The third kappa shape index (κ3) is 4.98. The van der Waals surface area contributed by atoms with Crippen molar-refractivity contribution in [2.75, 3.05) is 6.79 Å². The standard InChI is InChI=1S/C22H21N5O5S/c1-3-10-26-20(16-5-7-17(8-6-16)27(29)30)24-25-22(26)33-14(2)21(28)23-12-15-4-9-18-19(11-15)32-13-31-18/h3-9,11,14H,1,10,12-13H2,2H3,(H,23,28)/t14-/m0/s1. The number of nitro groups is 1. The zero-order valence-corrected chi connectivity index (χ0v) is 18.6. The highest BCUT2D eigenvalue weighted by Crippen LogP contribution is 2.32. The van der Waals surface area contributed by atoms with E-state index in [9.17, 15) is 14.9 Å². The zero-order valence-electron chi connectivity index (χ0n) is 17.8. The van der Waals surface area contributed by atoms with Crippen LogP contribution in [0.25, 0.3) is 11.4 Å². The summed E-state index contributed by atoms with van der Waals surface area (Å²) in [5.74, 6) is 1.75. The van der Waals surface area contributed by atoms with Crippen molar-refractivity contribution in [3.63, 3.8) is 0 Å². The quantitative estimate of drug-likeness (QED) is 0.219. The van der Waals surface area contributed by atoms with Crippen molar-refractivity contribution in [2.24, 2.45) is 0 Å². The minimum atomic E-state index is -0.455. The molecule has 1 aliphatic heterocycles. The number of rotatable bonds is 9. The molecule has 0 spiro atoms. The number of allylic oxidation sites excluding steroid dienone is 1. The van der Waals surface area contributed by atoms with Crippen LogP contribution in [-0.4, -0.2) is 37.6 Å². The van der Waals surface area contributed by atoms with E-state index in [1.165, 1.54) is 23.9 Å². The van der Waals surface area contributed by atoms with Crippen LogP contribution >= 0.6 is 11.8 Å². The molecule has 3 aromatic rings. The largest absolute Gasteiger partial charge is 0.454 e. The molecule has 11 heteroatoms. The Bertz CT molecular complexity index is 1190. The Morgan fingerprint density at radius 1 is 1.27 bits per heavy atom. The Morgan fingerprint density at radius 3 is 2.76 bits per heavy atom. The summed E-state index contributed by atoms with van der Waals surface area (Å²) < 4.78 is 12.5. The van der Waals surface area contributed by atoms with Crippen molar-refractivity contribution in [3.8, 4) is 22.9 Å². The van der Waals surface area contributed by atoms with Gasteiger partial charge in [0.2, 0.25) is 12.7 Å². The molecule has 1 N–H and O–H groups in total. The van der Waals surface area contributed by atoms with Crippen LogP contribution in [0.15, 0.2) is 60.3 Å². The number of carbonyl (C=O) groups is 1. The topological polar surface area (TPSA) is 121 Å². The lowest BCUT2D eigenvalue weighted by Crippen LogP contribution is -2.30. The van der Waals surface area contributed by atoms with Gasteiger partial charge in [0.1, 0.15) is 0 Å². The van der Waals surface area contributed by atoms with Crippen molar-refractivity contribution < 1.29 is 19.2 Å². The Morgan fingerprint density at radius 2 is 2.03 bits per heavy atom. The molecule has 0 fully saturated rings. The molecule has 1 aliphatic rings. The Kier molecular flexibility index (Phi) is 6.59. The number of nitro benzene ring substituents is 1. The summed E-state index contributed by atoms with van der Waals surface area (Å²) in [4.78, 5) is 23.1. The third-order valence-electron chi connectivity index (χ3n) is 4.92. The number of carbonyl (C=O) groups excluding carboxylic acids is 1. The number of fused-ring (bicyclic) bond motifs is 1. The molecule has 4 rings (SSSR count). The van der Waals surface area contributed by atoms with Gasteiger partial charge in [-0.1, -0.05) is 23.9 Å². The van der Waals surface area contributed by atoms with Gasteiger partial charge < -0.3 is 14.8 Å². The van der Waals surface area contributed by atoms with Gasteiger partial charge in [-0.05, 0) is 36.8 Å². The fourth-order valence-electron chi connectivity index (χ4n) is 3.21. The molecule has 2 aromatic carbocycles. The molecule has 0 radical (unpaired) electrons. The number of aromatic nitrogens is 3. The molecule has 0 unspecified atom stereocenters. The Hall–Kier alpha value is -3.86. The molecule has 0 saturated heterocycles. The summed E-state index contributed by atoms with van der Waals surface area (Å²) in [7, 11) is 0. The average Bonchev–Trinajstić information content (AvgIpc) is 3.44. The highest BCUT2D eigenvalue weighted by atomic mass is 32.2. The van der Waals surface area contributed by atoms with Gasteiger partial charge in [-0.3, -0.25) is 19.5 Å². The number of hydrogen-bond donors (Lipinski definition) is 1. The molecule has 1 aromatic heterocycles. The third-order valence-corrected chi connectivity index (χ3v) is 6.00. The van der Waals surface area contributed by atoms with E-state index >= 15 is 0 Å². The number of ether oxygens (including phenoxy) is 2. The van der Waals surface area contributed by atoms with E-state index in [-0.39, 0.29) is 18.4 Å². The lowest BCUT2D eigenvalue weighted by molar-refractivity contribution is -0.384. The van der Waals surface area contributed by atoms with E-state index in [1.54, 1.807) is 25.1 Å². The maximum atomic E-state index is 12.7. The maximum Gasteiger partial charge on any atom is 0.269 e. The van der Waals surface area contributed by atoms with Crippen molar-refractivity contribution >= 4 is 23.4 Å². The second-order valence-electron chi connectivity index (χ2n) is 7.17. The van der Waals surface area contributed by atoms with Crippen LogP contribution < -0.4 is 14.8 Å². The lowest BCUT2D eigenvalue weighted by Gasteiger charge is -2.13. The Balaban J connectivity index is 1.43. The number of nitrogens with zero attached hydrogens (tertiary/aromatic N) is 4. The molecular weight excluding hydrogens is 446 g/mol. The van der Waals surface area contributed by atoms with E-state index in [0.29, 0.717) is 41.1 Å². The summed E-state index contributed by atoms with van der Waals surface area (Å²) in [6.45, 7) is 6.55. The van der Waals surface area contributed by atoms with E-state index in [1.807, 2.05) is 22.8 Å². The lowest BCUT2D eigenvalue weighted by atomic mass is 10.2. The maximum absolute atomic E-state index is 12.7. The average molecular weight is 468 g/mol. The first-order chi connectivity index (χ1) is 16.0. The SMILES string of the molecule is C=CCn1c(S[C@@H](C)C(=O)NCc2ccc3c(c2)OCO3)nnc1-c1ccc([N+](=O)[O-])cc1. The molecule has 1 atom stereocenters. The monoisotopic (exact) mass is 467 g/mol. The van der Waals surface area contributed by atoms with Crippen molar-refractivity contribution in [1.29, 1.82) is 0 Å². The fraction of sp³-hybridized carbons (Fsp3) is 0.227. The summed E-state index contributed by atoms with van der Waals surface area (Å²) in [6, 6.07) is 11.6. The van der Waals surface area contributed by atoms with Crippen LogP contribution in [0, 0.1) is 10.1 Å². The summed E-state index contributed by atoms with van der Waals surface area (Å²) in [6.07, 6.45) is 1.70. The smallest absolute Gasteiger partial charge is 0.269 e. The number of hydrogen-bond acceptors (Lipinski definition) is 8. The first-order valence-electron chi connectivity index (χ1n) is 10.1. The van der Waals surface area contributed by atoms with Gasteiger partial charge in [-0.15, -0.1) is 16.8 Å². The Labute approximate surface area is 193 Å². The van der Waals surface area contributed by atoms with Gasteiger partial charge in [0, 0.05) is 30.8 Å². The van der Waals surface area contributed by atoms with Crippen molar-refractivity contribution in [1.82, 2.24) is 20.1 Å². The van der Waals surface area contributed by atoms with Gasteiger partial charge in [0.25, 0.3) is 5.69 Å². The minimum absolute atomic E-state index is 0.00381. The number of thioether (sulfide) groups is 1. The second-order valence-corrected chi connectivity index (χ2v) is 8.48. The van der Waals surface area contributed by atoms with Gasteiger partial charge in [0.05, 0.1) is 10.2 Å². The normalized spacial score (nSPS) is 12.9. The van der Waals surface area contributed by atoms with Crippen LogP contribution in [0.2, 0.25) is 0 Å². The molecule has 10 nitrogen and oxygen atoms in total. The molecule has 1 amide bonds. The summed E-state index contributed by atoms with van der Waals surface area (Å²) in [5.41, 5.74) is 1.58. The highest BCUT2D eigenvalue weighted by Gasteiger charge is 2.21. The minimum Gasteiger partial charge on any atom is -0.454 e. The molecule has 33 heavy (non-hydrogen) atoms. The van der Waals surface area contributed by atoms with Gasteiger partial charge in [-0.25, -0.2) is 0 Å². The zero-order chi connectivity index (χ0) is 23.4. The first kappa shape index (κ1) is 22.3. The molecule has 2 heterocycles. The van der Waals surface area contributed by atoms with E-state index in [0.717, 1.165) is 5.56 Å². The van der Waals surface area contributed by atoms with E-state index in [4.69, 9.17) is 9.47 Å². The molecular formula is C22H21N5O5S. The van der Waals surface area contributed by atoms with Crippen LogP contribution in [0.1, 0.15) is 12.5 Å². The van der Waals surface area contributed by atoms with Crippen LogP contribution in [0.3, 0.4) is 0 Å². The van der Waals surface area contributed by atoms with Crippen molar-refractivity contribution in [3.05, 3.63) is 70.8 Å². The van der Waals surface area contributed by atoms with Crippen LogP contribution in [0.4, 0.5) is 5.69 Å². The molecule has 0 bridgehead atoms. The van der Waals surface area contributed by atoms with Gasteiger partial charge >= 0.3 is 0 Å². The number of benzene rings is 2. The first-order valence-corrected chi connectivity index (χ1v) is 11.0. The summed E-state index contributed by atoms with van der Waals surface area (Å²) >= 11 is 1.27.